The number of hydrogen-bond donors (Lipinski definition) is 2. The predicted octanol–water partition coefficient (Wildman–Crippen LogP) is 3.90. The van der Waals surface area contributed by atoms with Gasteiger partial charge in [0.15, 0.2) is 0 Å². The molecule has 0 heterocycles. The predicted molar refractivity (Wildman–Crippen MR) is 74.8 cm³/mol. The Morgan fingerprint density at radius 2 is 1.89 bits per heavy atom. The lowest BCUT2D eigenvalue weighted by Gasteiger charge is -2.08. The Morgan fingerprint density at radius 1 is 1.21 bits per heavy atom. The molecule has 0 atom stereocenters. The molecular weight excluding hydrogens is 313 g/mol. The summed E-state index contributed by atoms with van der Waals surface area (Å²) in [6.45, 7) is 0.540. The summed E-state index contributed by atoms with van der Waals surface area (Å²) < 4.78 is 14.2. The van der Waals surface area contributed by atoms with Crippen molar-refractivity contribution in [1.29, 1.82) is 0 Å². The van der Waals surface area contributed by atoms with Crippen molar-refractivity contribution in [3.05, 3.63) is 63.9 Å². The maximum absolute atomic E-state index is 13.2. The molecule has 2 aromatic carbocycles. The summed E-state index contributed by atoms with van der Waals surface area (Å²) in [5, 5.41) is 11.9. The molecular formula is C14H11BrFNO2. The zero-order valence-electron chi connectivity index (χ0n) is 9.86. The van der Waals surface area contributed by atoms with Crippen LogP contribution in [0.15, 0.2) is 46.9 Å². The molecule has 0 radical (unpaired) electrons. The highest BCUT2D eigenvalue weighted by Gasteiger charge is 2.10. The van der Waals surface area contributed by atoms with E-state index in [1.165, 1.54) is 12.1 Å². The van der Waals surface area contributed by atoms with Crippen LogP contribution >= 0.6 is 15.9 Å². The van der Waals surface area contributed by atoms with Crippen LogP contribution in [0.2, 0.25) is 0 Å². The Morgan fingerprint density at radius 3 is 2.53 bits per heavy atom. The van der Waals surface area contributed by atoms with Crippen LogP contribution in [0.4, 0.5) is 10.1 Å². The van der Waals surface area contributed by atoms with Gasteiger partial charge in [-0.2, -0.15) is 0 Å². The van der Waals surface area contributed by atoms with Gasteiger partial charge in [-0.1, -0.05) is 28.1 Å². The quantitative estimate of drug-likeness (QED) is 0.897. The second-order valence-corrected chi connectivity index (χ2v) is 4.90. The van der Waals surface area contributed by atoms with Crippen LogP contribution < -0.4 is 5.32 Å². The highest BCUT2D eigenvalue weighted by Crippen LogP contribution is 2.16. The molecule has 0 amide bonds. The van der Waals surface area contributed by atoms with E-state index in [0.29, 0.717) is 12.2 Å². The Balaban J connectivity index is 2.09. The molecule has 5 heteroatoms. The summed E-state index contributed by atoms with van der Waals surface area (Å²) in [4.78, 5) is 10.8. The fourth-order valence-electron chi connectivity index (χ4n) is 1.61. The van der Waals surface area contributed by atoms with Crippen LogP contribution in [-0.4, -0.2) is 11.1 Å². The van der Waals surface area contributed by atoms with E-state index in [1.807, 2.05) is 24.3 Å². The average molecular weight is 324 g/mol. The number of carboxylic acids is 1. The largest absolute Gasteiger partial charge is 0.478 e. The van der Waals surface area contributed by atoms with E-state index in [0.717, 1.165) is 16.1 Å². The van der Waals surface area contributed by atoms with Gasteiger partial charge in [0.1, 0.15) is 5.82 Å². The fraction of sp³-hybridized carbons (Fsp3) is 0.0714. The van der Waals surface area contributed by atoms with Crippen LogP contribution in [0.25, 0.3) is 0 Å². The SMILES string of the molecule is O=C(O)c1cc(NCc2ccc(Br)cc2)ccc1F. The summed E-state index contributed by atoms with van der Waals surface area (Å²) in [7, 11) is 0. The number of hydrogen-bond acceptors (Lipinski definition) is 2. The third kappa shape index (κ3) is 3.54. The monoisotopic (exact) mass is 323 g/mol. The first-order chi connectivity index (χ1) is 9.06. The Kier molecular flexibility index (Phi) is 4.16. The number of anilines is 1. The zero-order valence-corrected chi connectivity index (χ0v) is 11.4. The number of carbonyl (C=O) groups is 1. The minimum absolute atomic E-state index is 0.333. The third-order valence-corrected chi connectivity index (χ3v) is 3.14. The number of carboxylic acid groups (broad SMARTS) is 1. The van der Waals surface area contributed by atoms with Gasteiger partial charge in [0.2, 0.25) is 0 Å². The van der Waals surface area contributed by atoms with Gasteiger partial charge in [-0.25, -0.2) is 9.18 Å². The molecule has 0 saturated carbocycles. The first-order valence-electron chi connectivity index (χ1n) is 5.57. The van der Waals surface area contributed by atoms with Gasteiger partial charge in [-0.15, -0.1) is 0 Å². The molecule has 2 rings (SSSR count). The number of benzene rings is 2. The molecule has 0 fully saturated rings. The molecule has 98 valence electrons. The van der Waals surface area contributed by atoms with Gasteiger partial charge >= 0.3 is 5.97 Å². The van der Waals surface area contributed by atoms with Crippen LogP contribution in [-0.2, 0) is 6.54 Å². The lowest BCUT2D eigenvalue weighted by Crippen LogP contribution is -2.04. The van der Waals surface area contributed by atoms with Crippen molar-refractivity contribution in [1.82, 2.24) is 0 Å². The smallest absolute Gasteiger partial charge is 0.338 e. The van der Waals surface area contributed by atoms with E-state index in [9.17, 15) is 9.18 Å². The Labute approximate surface area is 118 Å². The molecule has 0 bridgehead atoms. The van der Waals surface area contributed by atoms with Gasteiger partial charge in [0.25, 0.3) is 0 Å². The standard InChI is InChI=1S/C14H11BrFNO2/c15-10-3-1-9(2-4-10)8-17-11-5-6-13(16)12(7-11)14(18)19/h1-7,17H,8H2,(H,18,19). The van der Waals surface area contributed by atoms with Crippen LogP contribution in [0.5, 0.6) is 0 Å². The van der Waals surface area contributed by atoms with E-state index >= 15 is 0 Å². The van der Waals surface area contributed by atoms with E-state index in [-0.39, 0.29) is 5.56 Å². The zero-order chi connectivity index (χ0) is 13.8. The summed E-state index contributed by atoms with van der Waals surface area (Å²) in [6, 6.07) is 11.7. The summed E-state index contributed by atoms with van der Waals surface area (Å²) in [6.07, 6.45) is 0. The number of nitrogens with one attached hydrogen (secondary N) is 1. The van der Waals surface area contributed by atoms with Gasteiger partial charge in [-0.3, -0.25) is 0 Å². The molecule has 2 aromatic rings. The number of halogens is 2. The van der Waals surface area contributed by atoms with Crippen LogP contribution in [0.1, 0.15) is 15.9 Å². The van der Waals surface area contributed by atoms with Crippen molar-refractivity contribution in [2.45, 2.75) is 6.54 Å². The second kappa shape index (κ2) is 5.84. The van der Waals surface area contributed by atoms with Gasteiger partial charge in [0, 0.05) is 16.7 Å². The lowest BCUT2D eigenvalue weighted by atomic mass is 10.1. The van der Waals surface area contributed by atoms with E-state index in [2.05, 4.69) is 21.2 Å². The summed E-state index contributed by atoms with van der Waals surface area (Å²) >= 11 is 3.35. The third-order valence-electron chi connectivity index (χ3n) is 2.61. The molecule has 0 aromatic heterocycles. The fourth-order valence-corrected chi connectivity index (χ4v) is 1.87. The van der Waals surface area contributed by atoms with E-state index in [4.69, 9.17) is 5.11 Å². The van der Waals surface area contributed by atoms with E-state index < -0.39 is 11.8 Å². The van der Waals surface area contributed by atoms with Crippen molar-refractivity contribution in [3.8, 4) is 0 Å². The van der Waals surface area contributed by atoms with Crippen LogP contribution in [0, 0.1) is 5.82 Å². The number of rotatable bonds is 4. The first kappa shape index (κ1) is 13.5. The van der Waals surface area contributed by atoms with Crippen molar-refractivity contribution >= 4 is 27.6 Å². The molecule has 0 aliphatic carbocycles. The first-order valence-corrected chi connectivity index (χ1v) is 6.37. The molecule has 0 saturated heterocycles. The van der Waals surface area contributed by atoms with Gasteiger partial charge in [0.05, 0.1) is 5.56 Å². The molecule has 19 heavy (non-hydrogen) atoms. The summed E-state index contributed by atoms with van der Waals surface area (Å²) in [5.74, 6) is -2.01. The van der Waals surface area contributed by atoms with Crippen molar-refractivity contribution in [2.24, 2.45) is 0 Å². The lowest BCUT2D eigenvalue weighted by molar-refractivity contribution is 0.0692. The Bertz CT molecular complexity index is 599. The topological polar surface area (TPSA) is 49.3 Å². The molecule has 0 aliphatic heterocycles. The average Bonchev–Trinajstić information content (AvgIpc) is 2.39. The van der Waals surface area contributed by atoms with Crippen molar-refractivity contribution in [2.75, 3.05) is 5.32 Å². The molecule has 0 unspecified atom stereocenters. The highest BCUT2D eigenvalue weighted by atomic mass is 79.9. The maximum Gasteiger partial charge on any atom is 0.338 e. The number of aromatic carboxylic acids is 1. The molecule has 2 N–H and O–H groups in total. The normalized spacial score (nSPS) is 10.2. The molecule has 0 spiro atoms. The molecule has 3 nitrogen and oxygen atoms in total. The minimum atomic E-state index is -1.27. The second-order valence-electron chi connectivity index (χ2n) is 3.98. The summed E-state index contributed by atoms with van der Waals surface area (Å²) in [5.41, 5.74) is 1.28. The van der Waals surface area contributed by atoms with E-state index in [1.54, 1.807) is 0 Å². The maximum atomic E-state index is 13.2. The highest BCUT2D eigenvalue weighted by molar-refractivity contribution is 9.10. The van der Waals surface area contributed by atoms with Gasteiger partial charge < -0.3 is 10.4 Å². The van der Waals surface area contributed by atoms with Crippen LogP contribution in [0.3, 0.4) is 0 Å². The van der Waals surface area contributed by atoms with Gasteiger partial charge in [-0.05, 0) is 35.9 Å². The Hall–Kier alpha value is -1.88. The van der Waals surface area contributed by atoms with Crippen molar-refractivity contribution in [3.63, 3.8) is 0 Å². The molecule has 0 aliphatic rings. The minimum Gasteiger partial charge on any atom is -0.478 e. The van der Waals surface area contributed by atoms with Crippen molar-refractivity contribution < 1.29 is 14.3 Å².